The summed E-state index contributed by atoms with van der Waals surface area (Å²) >= 11 is 0. The van der Waals surface area contributed by atoms with Crippen molar-refractivity contribution in [2.24, 2.45) is 114 Å². The van der Waals surface area contributed by atoms with Crippen molar-refractivity contribution in [3.8, 4) is 23.0 Å². The SMILES string of the molecule is CC12CCC(=O)C=C1CCC1C2[C@@H](O)CC2(C)C1CC[C@]2(O)C(=O)COc1ccc(F)cc1.CC12CCC(=O)C=C1CCC1C2[C@@H](O)CC2(C)C1CC[C@]2(O)C(=O)COc1cccc(F)c1.CC12CCC(=O)C=C1CCC1C2[C@@H](O)CC2(C)C1CC[C@]2(O)C(=O)COc1ccccc1F.[C-]#[N+]c1ccccc1OCC(=O)[C@@]1(O)CCC2C3CCC4=CC(=O)CCC4(C)C3[C@@H](O)CC21C. The Morgan fingerprint density at radius 1 is 0.353 bits per heavy atom. The van der Waals surface area contributed by atoms with Gasteiger partial charge in [-0.1, -0.05) is 114 Å². The number of hydrogen-bond donors (Lipinski definition) is 8. The number of ketones is 8. The monoisotopic (exact) mass is 1830 g/mol. The van der Waals surface area contributed by atoms with Gasteiger partial charge in [-0.2, -0.15) is 0 Å². The van der Waals surface area contributed by atoms with Crippen LogP contribution in [0.5, 0.6) is 23.0 Å². The zero-order valence-corrected chi connectivity index (χ0v) is 78.0. The molecule has 12 fully saturated rings. The third-order valence-corrected chi connectivity index (χ3v) is 38.9. The second kappa shape index (κ2) is 35.4. The summed E-state index contributed by atoms with van der Waals surface area (Å²) < 4.78 is 62.8. The van der Waals surface area contributed by atoms with Crippen LogP contribution in [-0.2, 0) is 38.4 Å². The first-order valence-corrected chi connectivity index (χ1v) is 48.8. The molecule has 16 aliphatic carbocycles. The van der Waals surface area contributed by atoms with Crippen LogP contribution in [0, 0.1) is 138 Å². The number of ether oxygens (including phenoxy) is 4. The molecule has 21 nitrogen and oxygen atoms in total. The van der Waals surface area contributed by atoms with Crippen molar-refractivity contribution in [2.75, 3.05) is 26.4 Å². The Hall–Kier alpha value is -8.64. The molecule has 24 heteroatoms. The first-order valence-electron chi connectivity index (χ1n) is 48.8. The van der Waals surface area contributed by atoms with Gasteiger partial charge in [-0.05, 0) is 326 Å². The lowest BCUT2D eigenvalue weighted by Gasteiger charge is -2.60. The molecule has 12 saturated carbocycles. The van der Waals surface area contributed by atoms with Crippen LogP contribution in [0.3, 0.4) is 0 Å². The Kier molecular flexibility index (Phi) is 25.6. The summed E-state index contributed by atoms with van der Waals surface area (Å²) in [5, 5.41) is 92.7. The minimum atomic E-state index is -1.62. The van der Waals surface area contributed by atoms with Gasteiger partial charge in [0.25, 0.3) is 0 Å². The number of rotatable bonds is 16. The lowest BCUT2D eigenvalue weighted by Crippen LogP contribution is -2.62. The van der Waals surface area contributed by atoms with E-state index >= 15 is 0 Å². The van der Waals surface area contributed by atoms with Crippen LogP contribution in [-0.4, -0.2) is 160 Å². The summed E-state index contributed by atoms with van der Waals surface area (Å²) in [7, 11) is 0. The van der Waals surface area contributed by atoms with Gasteiger partial charge in [0, 0.05) is 53.4 Å². The van der Waals surface area contributed by atoms with Crippen LogP contribution in [0.25, 0.3) is 4.85 Å². The van der Waals surface area contributed by atoms with E-state index < -0.39 is 98.3 Å². The molecule has 0 bridgehead atoms. The number of carbonyl (C=O) groups excluding carboxylic acids is 8. The minimum Gasteiger partial charge on any atom is -0.497 e. The topological polar surface area (TPSA) is 340 Å². The van der Waals surface area contributed by atoms with E-state index in [1.165, 1.54) is 65.7 Å². The number of aliphatic hydroxyl groups is 8. The second-order valence-corrected chi connectivity index (χ2v) is 44.7. The summed E-state index contributed by atoms with van der Waals surface area (Å²) in [5.41, 5.74) is -5.17. The van der Waals surface area contributed by atoms with Crippen LogP contribution in [0.4, 0.5) is 18.9 Å². The highest BCUT2D eigenvalue weighted by Gasteiger charge is 2.74. The predicted molar refractivity (Wildman–Crippen MR) is 486 cm³/mol. The molecule has 20 unspecified atom stereocenters. The number of nitrogens with zero attached hydrogens (tertiary/aromatic N) is 1. The quantitative estimate of drug-likeness (QED) is 0.0483. The third kappa shape index (κ3) is 15.8. The van der Waals surface area contributed by atoms with Crippen molar-refractivity contribution in [2.45, 2.75) is 282 Å². The Balaban J connectivity index is 0.000000124. The number of Topliss-reactive ketones (excluding diaryl/α,β-unsaturated/α-hetero) is 4. The van der Waals surface area contributed by atoms with E-state index in [1.807, 2.05) is 39.8 Å². The maximum atomic E-state index is 13.9. The van der Waals surface area contributed by atoms with Crippen LogP contribution in [0.2, 0.25) is 0 Å². The summed E-state index contributed by atoms with van der Waals surface area (Å²) in [6.45, 7) is 22.5. The number of para-hydroxylation sites is 3. The van der Waals surface area contributed by atoms with Gasteiger partial charge in [0.15, 0.2) is 34.7 Å². The number of allylic oxidation sites excluding steroid dienone is 4. The third-order valence-electron chi connectivity index (χ3n) is 38.9. The molecule has 16 aliphatic rings. The van der Waals surface area contributed by atoms with Gasteiger partial charge >= 0.3 is 0 Å². The van der Waals surface area contributed by atoms with E-state index in [0.717, 1.165) is 107 Å². The first kappa shape index (κ1) is 96.1. The Bertz CT molecular complexity index is 5460. The normalized spacial score (nSPS) is 41.8. The van der Waals surface area contributed by atoms with Gasteiger partial charge < -0.3 is 59.8 Å². The summed E-state index contributed by atoms with van der Waals surface area (Å²) in [6, 6.07) is 23.8. The maximum Gasteiger partial charge on any atom is 0.228 e. The molecule has 4 aromatic rings. The van der Waals surface area contributed by atoms with Gasteiger partial charge in [0.05, 0.1) is 31.0 Å². The highest BCUT2D eigenvalue weighted by molar-refractivity contribution is 5.95. The molecular formula is C109H132F3NO20. The zero-order chi connectivity index (χ0) is 95.1. The minimum absolute atomic E-state index is 0.00994. The van der Waals surface area contributed by atoms with Crippen molar-refractivity contribution in [3.63, 3.8) is 0 Å². The van der Waals surface area contributed by atoms with Gasteiger partial charge in [0.1, 0.15) is 77.7 Å². The fourth-order valence-corrected chi connectivity index (χ4v) is 32.0. The summed E-state index contributed by atoms with van der Waals surface area (Å²) in [5.74, 6) is 0.0543. The van der Waals surface area contributed by atoms with E-state index in [4.69, 9.17) is 25.5 Å². The molecule has 0 saturated heterocycles. The van der Waals surface area contributed by atoms with Crippen molar-refractivity contribution in [1.82, 2.24) is 0 Å². The van der Waals surface area contributed by atoms with E-state index in [-0.39, 0.29) is 165 Å². The lowest BCUT2D eigenvalue weighted by molar-refractivity contribution is -0.182. The smallest absolute Gasteiger partial charge is 0.228 e. The fraction of sp³-hybridized carbons (Fsp3) is 0.624. The molecule has 0 heterocycles. The highest BCUT2D eigenvalue weighted by Crippen LogP contribution is 2.73. The molecule has 20 rings (SSSR count). The van der Waals surface area contributed by atoms with Crippen molar-refractivity contribution in [1.29, 1.82) is 0 Å². The Morgan fingerprint density at radius 2 is 0.654 bits per heavy atom. The molecule has 0 aromatic heterocycles. The average Bonchev–Trinajstić information content (AvgIpc) is 1.63. The van der Waals surface area contributed by atoms with Gasteiger partial charge in [-0.25, -0.2) is 18.0 Å². The van der Waals surface area contributed by atoms with E-state index in [2.05, 4.69) is 32.5 Å². The van der Waals surface area contributed by atoms with E-state index in [9.17, 15) is 92.4 Å². The number of carbonyl (C=O) groups is 8. The summed E-state index contributed by atoms with van der Waals surface area (Å²) in [6.07, 6.45) is 22.1. The van der Waals surface area contributed by atoms with Crippen molar-refractivity contribution >= 4 is 52.0 Å². The standard InChI is InChI=1S/C28H33NO5.3C27H33FO5/c1-26-12-10-18(30)14-17(26)8-9-19-20-11-13-28(33,27(20,2)15-22(31)25(19)26)24(32)16-34-23-7-5-4-6-21(23)29-3;1-25-11-9-18(29)13-16(25)3-8-20-21-10-12-27(32,26(21,2)14-22(30)24(20)25)23(31)15-33-19-6-4-17(28)5-7-19;1-25-10-8-18(29)12-16(25)6-7-20-21-9-11-27(32,26(21,2)14-22(30)24(20)25)23(31)15-33-19-5-3-4-17(28)13-19;1-25-11-9-17(29)13-16(25)7-8-18-19-10-12-27(32,26(19,2)14-21(30)24(18)25)23(31)15-33-22-6-4-3-5-20(22)28/h4-7,14,19-20,22,25,31,33H,8-13,15-16H2,1-2H3;4-7,13,20-22,24,30,32H,3,8-12,14-15H2,1-2H3;3-5,12-13,20-22,24,30,32H,6-11,14-15H2,1-2H3;3-6,13,18-19,21,24,30,32H,7-12,14-15H2,1-2H3/t19?,20?,22-,25?,26?,27?,28-;2*20?,21?,22-,24?,25?,26?,27-;18?,19?,21-,24?,25?,26?,27-/m0000/s1. The molecule has 0 radical (unpaired) electrons. The maximum absolute atomic E-state index is 13.9. The summed E-state index contributed by atoms with van der Waals surface area (Å²) in [4.78, 5) is 105. The van der Waals surface area contributed by atoms with Crippen LogP contribution < -0.4 is 18.9 Å². The van der Waals surface area contributed by atoms with Crippen molar-refractivity contribution < 1.29 is 111 Å². The number of hydrogen-bond acceptors (Lipinski definition) is 20. The first-order chi connectivity index (χ1) is 62.9. The molecule has 133 heavy (non-hydrogen) atoms. The molecule has 0 aliphatic heterocycles. The molecule has 4 aromatic carbocycles. The van der Waals surface area contributed by atoms with Gasteiger partial charge in [-0.3, -0.25) is 38.4 Å². The number of halogens is 3. The Labute approximate surface area is 777 Å². The number of benzene rings is 4. The van der Waals surface area contributed by atoms with Crippen LogP contribution in [0.1, 0.15) is 235 Å². The predicted octanol–water partition coefficient (Wildman–Crippen LogP) is 16.4. The number of aliphatic hydroxyl groups excluding tert-OH is 4. The van der Waals surface area contributed by atoms with Gasteiger partial charge in [-0.15, -0.1) is 0 Å². The molecular weight excluding hydrogens is 1700 g/mol. The zero-order valence-electron chi connectivity index (χ0n) is 78.0. The number of fused-ring (bicyclic) bond motifs is 20. The molecule has 8 N–H and O–H groups in total. The van der Waals surface area contributed by atoms with Crippen LogP contribution >= 0.6 is 0 Å². The molecule has 0 spiro atoms. The van der Waals surface area contributed by atoms with E-state index in [0.29, 0.717) is 101 Å². The second-order valence-electron chi connectivity index (χ2n) is 44.7. The lowest BCUT2D eigenvalue weighted by atomic mass is 9.45. The average molecular weight is 1830 g/mol. The van der Waals surface area contributed by atoms with Crippen LogP contribution in [0.15, 0.2) is 144 Å². The molecule has 714 valence electrons. The molecule has 0 amide bonds. The Morgan fingerprint density at radius 3 is 0.977 bits per heavy atom. The van der Waals surface area contributed by atoms with Gasteiger partial charge in [0.2, 0.25) is 28.8 Å². The highest BCUT2D eigenvalue weighted by atomic mass is 19.1. The van der Waals surface area contributed by atoms with E-state index in [1.54, 1.807) is 54.6 Å². The largest absolute Gasteiger partial charge is 0.497 e. The fourth-order valence-electron chi connectivity index (χ4n) is 32.0. The molecule has 28 atom stereocenters. The van der Waals surface area contributed by atoms with Crippen molar-refractivity contribution in [3.05, 3.63) is 173 Å².